The van der Waals surface area contributed by atoms with Crippen LogP contribution in [0.25, 0.3) is 0 Å². The minimum absolute atomic E-state index is 0.00951. The summed E-state index contributed by atoms with van der Waals surface area (Å²) in [5.74, 6) is 2.84. The first kappa shape index (κ1) is 17.5. The van der Waals surface area contributed by atoms with Gasteiger partial charge in [-0.05, 0) is 79.5 Å². The first-order valence-corrected chi connectivity index (χ1v) is 9.32. The molecule has 2 fully saturated rings. The highest BCUT2D eigenvalue weighted by Gasteiger charge is 2.56. The molecule has 0 aliphatic heterocycles. The van der Waals surface area contributed by atoms with Gasteiger partial charge >= 0.3 is 0 Å². The van der Waals surface area contributed by atoms with Gasteiger partial charge in [-0.15, -0.1) is 0 Å². The van der Waals surface area contributed by atoms with Gasteiger partial charge in [-0.25, -0.2) is 0 Å². The lowest BCUT2D eigenvalue weighted by Crippen LogP contribution is -2.43. The Morgan fingerprint density at radius 3 is 2.67 bits per heavy atom. The summed E-state index contributed by atoms with van der Waals surface area (Å²) >= 11 is 0. The molecule has 4 rings (SSSR count). The minimum atomic E-state index is 0.00951. The average Bonchev–Trinajstić information content (AvgIpc) is 2.92. The second kappa shape index (κ2) is 6.87. The van der Waals surface area contributed by atoms with Crippen molar-refractivity contribution >= 4 is 5.78 Å². The number of hydrogen-bond acceptors (Lipinski definition) is 3. The lowest BCUT2D eigenvalue weighted by molar-refractivity contribution is -0.131. The largest absolute Gasteiger partial charge is 0.508 e. The van der Waals surface area contributed by atoms with Crippen molar-refractivity contribution in [3.05, 3.63) is 29.3 Å². The number of aromatic hydroxyl groups is 1. The van der Waals surface area contributed by atoms with Crippen LogP contribution >= 0.6 is 0 Å². The van der Waals surface area contributed by atoms with Crippen LogP contribution < -0.4 is 0 Å². The number of Topliss-reactive ketones (excluding diaryl/α,β-unsaturated/α-hetero) is 1. The maximum atomic E-state index is 12.5. The van der Waals surface area contributed by atoms with Crippen LogP contribution in [0.4, 0.5) is 0 Å². The normalized spacial score (nSPS) is 33.8. The highest BCUT2D eigenvalue weighted by molar-refractivity contribution is 5.87. The summed E-state index contributed by atoms with van der Waals surface area (Å²) in [7, 11) is 3.25. The highest BCUT2D eigenvalue weighted by atomic mass is 16.4. The number of carbonyl (C=O) groups is 1. The van der Waals surface area contributed by atoms with Crippen LogP contribution in [0.15, 0.2) is 18.2 Å². The summed E-state index contributed by atoms with van der Waals surface area (Å²) < 4.78 is 4.25. The van der Waals surface area contributed by atoms with Gasteiger partial charge in [0.1, 0.15) is 11.5 Å². The van der Waals surface area contributed by atoms with Gasteiger partial charge in [0.25, 0.3) is 0 Å². The fraction of sp³-hybridized carbons (Fsp3) is 0.667. The Morgan fingerprint density at radius 2 is 1.96 bits per heavy atom. The molecule has 0 bridgehead atoms. The summed E-state index contributed by atoms with van der Waals surface area (Å²) in [5.41, 5.74) is 2.80. The van der Waals surface area contributed by atoms with E-state index in [1.807, 2.05) is 12.1 Å². The lowest BCUT2D eigenvalue weighted by Gasteiger charge is -2.49. The predicted molar refractivity (Wildman–Crippen MR) is 95.3 cm³/mol. The molecular formula is C21H30O3. The molecule has 132 valence electrons. The highest BCUT2D eigenvalue weighted by Crippen LogP contribution is 2.60. The third-order valence-electron chi connectivity index (χ3n) is 6.79. The number of ketones is 1. The molecule has 1 aromatic carbocycles. The van der Waals surface area contributed by atoms with E-state index in [0.29, 0.717) is 29.3 Å². The molecule has 1 aromatic rings. The molecule has 3 heteroatoms. The van der Waals surface area contributed by atoms with Crippen molar-refractivity contribution in [2.45, 2.75) is 57.8 Å². The van der Waals surface area contributed by atoms with Crippen molar-refractivity contribution in [2.24, 2.45) is 17.3 Å². The molecule has 1 N–H and O–H groups in total. The van der Waals surface area contributed by atoms with Gasteiger partial charge < -0.3 is 9.84 Å². The topological polar surface area (TPSA) is 46.5 Å². The Balaban J connectivity index is 0.000000526. The fourth-order valence-electron chi connectivity index (χ4n) is 5.79. The quantitative estimate of drug-likeness (QED) is 0.826. The molecule has 0 amide bonds. The molecule has 3 nitrogen and oxygen atoms in total. The maximum Gasteiger partial charge on any atom is 0.139 e. The third-order valence-corrected chi connectivity index (χ3v) is 6.79. The van der Waals surface area contributed by atoms with Crippen LogP contribution in [-0.2, 0) is 16.0 Å². The molecule has 0 saturated heterocycles. The Hall–Kier alpha value is -1.35. The van der Waals surface area contributed by atoms with E-state index in [-0.39, 0.29) is 5.41 Å². The Kier molecular flexibility index (Phi) is 5.00. The second-order valence-corrected chi connectivity index (χ2v) is 7.72. The molecule has 0 radical (unpaired) electrons. The van der Waals surface area contributed by atoms with Crippen LogP contribution in [0, 0.1) is 17.3 Å². The van der Waals surface area contributed by atoms with E-state index in [9.17, 15) is 9.90 Å². The van der Waals surface area contributed by atoms with Crippen molar-refractivity contribution in [2.75, 3.05) is 14.2 Å². The number of carbonyl (C=O) groups excluding carboxylic acids is 1. The Morgan fingerprint density at radius 1 is 1.21 bits per heavy atom. The molecule has 4 atom stereocenters. The number of phenolic OH excluding ortho intramolecular Hbond substituents is 1. The molecule has 0 unspecified atom stereocenters. The van der Waals surface area contributed by atoms with Crippen molar-refractivity contribution in [3.8, 4) is 5.75 Å². The zero-order valence-electron chi connectivity index (χ0n) is 15.2. The molecule has 2 saturated carbocycles. The van der Waals surface area contributed by atoms with Crippen LogP contribution in [0.2, 0.25) is 0 Å². The van der Waals surface area contributed by atoms with Crippen molar-refractivity contribution < 1.29 is 14.6 Å². The van der Waals surface area contributed by atoms with Crippen LogP contribution in [0.1, 0.15) is 62.5 Å². The van der Waals surface area contributed by atoms with Gasteiger partial charge in [0.2, 0.25) is 0 Å². The van der Waals surface area contributed by atoms with Gasteiger partial charge in [-0.1, -0.05) is 13.0 Å². The van der Waals surface area contributed by atoms with E-state index in [1.54, 1.807) is 14.2 Å². The maximum absolute atomic E-state index is 12.5. The van der Waals surface area contributed by atoms with E-state index in [2.05, 4.69) is 17.7 Å². The summed E-state index contributed by atoms with van der Waals surface area (Å²) in [6, 6.07) is 5.92. The number of hydrogen-bond donors (Lipinski definition) is 1. The molecular weight excluding hydrogens is 300 g/mol. The number of rotatable bonds is 1. The number of aryl methyl sites for hydroxylation is 1. The molecule has 3 aliphatic carbocycles. The lowest BCUT2D eigenvalue weighted by atomic mass is 9.54. The number of benzene rings is 1. The van der Waals surface area contributed by atoms with Crippen LogP contribution in [-0.4, -0.2) is 25.1 Å². The summed E-state index contributed by atoms with van der Waals surface area (Å²) in [6.45, 7) is 2.21. The standard InChI is InChI=1S/C19H24O2.C2H6O/c1-2-19-10-9-15-14-6-4-13(20)11-12(14)3-5-16(15)17(19)7-8-18(19)21;1-3-2/h4,6,11,15-17,20H,2-3,5,7-10H2,1H3;1-2H3/t15-,16-,17+,19+;/m1./s1. The van der Waals surface area contributed by atoms with Crippen molar-refractivity contribution in [1.82, 2.24) is 0 Å². The monoisotopic (exact) mass is 330 g/mol. The van der Waals surface area contributed by atoms with Crippen molar-refractivity contribution in [3.63, 3.8) is 0 Å². The van der Waals surface area contributed by atoms with Gasteiger partial charge in [-0.3, -0.25) is 4.79 Å². The summed E-state index contributed by atoms with van der Waals surface area (Å²) in [6.07, 6.45) is 7.44. The molecule has 3 aliphatic rings. The van der Waals surface area contributed by atoms with E-state index >= 15 is 0 Å². The first-order chi connectivity index (χ1) is 11.6. The predicted octanol–water partition coefficient (Wildman–Crippen LogP) is 4.47. The number of ether oxygens (including phenoxy) is 1. The molecule has 0 spiro atoms. The summed E-state index contributed by atoms with van der Waals surface area (Å²) in [4.78, 5) is 12.5. The first-order valence-electron chi connectivity index (χ1n) is 9.32. The van der Waals surface area contributed by atoms with E-state index in [1.165, 1.54) is 17.5 Å². The van der Waals surface area contributed by atoms with Crippen LogP contribution in [0.5, 0.6) is 5.75 Å². The van der Waals surface area contributed by atoms with Crippen molar-refractivity contribution in [1.29, 1.82) is 0 Å². The Bertz CT molecular complexity index is 609. The van der Waals surface area contributed by atoms with E-state index in [0.717, 1.165) is 38.5 Å². The van der Waals surface area contributed by atoms with E-state index in [4.69, 9.17) is 0 Å². The zero-order chi connectivity index (χ0) is 17.3. The zero-order valence-corrected chi connectivity index (χ0v) is 15.2. The number of methoxy groups -OCH3 is 1. The van der Waals surface area contributed by atoms with Crippen LogP contribution in [0.3, 0.4) is 0 Å². The second-order valence-electron chi connectivity index (χ2n) is 7.72. The van der Waals surface area contributed by atoms with Gasteiger partial charge in [0, 0.05) is 26.1 Å². The number of phenols is 1. The third kappa shape index (κ3) is 2.67. The molecule has 0 heterocycles. The average molecular weight is 330 g/mol. The van der Waals surface area contributed by atoms with Gasteiger partial charge in [0.05, 0.1) is 0 Å². The van der Waals surface area contributed by atoms with Gasteiger partial charge in [-0.2, -0.15) is 0 Å². The molecule has 24 heavy (non-hydrogen) atoms. The van der Waals surface area contributed by atoms with Gasteiger partial charge in [0.15, 0.2) is 0 Å². The minimum Gasteiger partial charge on any atom is -0.508 e. The summed E-state index contributed by atoms with van der Waals surface area (Å²) in [5, 5.41) is 9.70. The SMILES string of the molecule is CC[C@]12CC[C@@H]3c4ccc(O)cc4CC[C@H]3[C@@H]1CCC2=O.COC. The number of fused-ring (bicyclic) bond motifs is 5. The van der Waals surface area contributed by atoms with E-state index < -0.39 is 0 Å². The Labute approximate surface area is 145 Å². The smallest absolute Gasteiger partial charge is 0.139 e. The fourth-order valence-corrected chi connectivity index (χ4v) is 5.79. The molecule has 0 aromatic heterocycles.